The summed E-state index contributed by atoms with van der Waals surface area (Å²) in [6.45, 7) is 1.81. The van der Waals surface area contributed by atoms with Gasteiger partial charge < -0.3 is 10.0 Å². The van der Waals surface area contributed by atoms with Crippen LogP contribution in [0.4, 0.5) is 14.5 Å². The maximum absolute atomic E-state index is 13.8. The first-order valence-electron chi connectivity index (χ1n) is 8.18. The van der Waals surface area contributed by atoms with Crippen molar-refractivity contribution in [1.29, 1.82) is 0 Å². The molecule has 4 rings (SSSR count). The summed E-state index contributed by atoms with van der Waals surface area (Å²) in [7, 11) is 0. The van der Waals surface area contributed by atoms with Gasteiger partial charge in [-0.15, -0.1) is 0 Å². The maximum Gasteiger partial charge on any atom is 0.258 e. The molecule has 0 fully saturated rings. The number of fused-ring (bicyclic) bond motifs is 3. The zero-order valence-electron chi connectivity index (χ0n) is 13.9. The Balaban J connectivity index is 1.88. The van der Waals surface area contributed by atoms with Crippen molar-refractivity contribution in [2.45, 2.75) is 13.0 Å². The predicted molar refractivity (Wildman–Crippen MR) is 95.1 cm³/mol. The molecule has 1 heterocycles. The lowest BCUT2D eigenvalue weighted by molar-refractivity contribution is 0.0977. The van der Waals surface area contributed by atoms with Gasteiger partial charge in [0.25, 0.3) is 5.91 Å². The van der Waals surface area contributed by atoms with Crippen LogP contribution >= 0.6 is 0 Å². The van der Waals surface area contributed by atoms with E-state index in [1.54, 1.807) is 11.0 Å². The van der Waals surface area contributed by atoms with Crippen LogP contribution in [0.3, 0.4) is 0 Å². The molecular weight excluding hydrogens is 336 g/mol. The summed E-state index contributed by atoms with van der Waals surface area (Å²) in [5.41, 5.74) is 3.24. The average Bonchev–Trinajstić information content (AvgIpc) is 2.64. The van der Waals surface area contributed by atoms with Crippen molar-refractivity contribution in [3.63, 3.8) is 0 Å². The van der Waals surface area contributed by atoms with Crippen molar-refractivity contribution in [2.24, 2.45) is 0 Å². The number of hydrogen-bond acceptors (Lipinski definition) is 2. The number of para-hydroxylation sites is 1. The van der Waals surface area contributed by atoms with Gasteiger partial charge in [0.1, 0.15) is 5.82 Å². The average molecular weight is 351 g/mol. The molecule has 0 aliphatic carbocycles. The minimum atomic E-state index is -0.791. The third kappa shape index (κ3) is 2.44. The quantitative estimate of drug-likeness (QED) is 0.666. The van der Waals surface area contributed by atoms with Crippen molar-refractivity contribution in [1.82, 2.24) is 0 Å². The maximum atomic E-state index is 13.8. The summed E-state index contributed by atoms with van der Waals surface area (Å²) in [5.74, 6) is -2.14. The van der Waals surface area contributed by atoms with Crippen molar-refractivity contribution < 1.29 is 18.7 Å². The minimum absolute atomic E-state index is 0.158. The van der Waals surface area contributed by atoms with E-state index in [9.17, 15) is 18.7 Å². The number of rotatable bonds is 1. The molecule has 1 aliphatic rings. The van der Waals surface area contributed by atoms with Gasteiger partial charge >= 0.3 is 0 Å². The predicted octanol–water partition coefficient (Wildman–Crippen LogP) is 5.06. The Bertz CT molecular complexity index is 1030. The summed E-state index contributed by atoms with van der Waals surface area (Å²) >= 11 is 0. The number of phenols is 1. The van der Waals surface area contributed by atoms with E-state index in [1.807, 2.05) is 31.2 Å². The van der Waals surface area contributed by atoms with Gasteiger partial charge in [0.2, 0.25) is 0 Å². The van der Waals surface area contributed by atoms with E-state index in [2.05, 4.69) is 0 Å². The van der Waals surface area contributed by atoms with Gasteiger partial charge in [-0.05, 0) is 54.4 Å². The zero-order valence-corrected chi connectivity index (χ0v) is 13.9. The summed E-state index contributed by atoms with van der Waals surface area (Å²) < 4.78 is 27.2. The van der Waals surface area contributed by atoms with Gasteiger partial charge in [-0.2, -0.15) is 0 Å². The van der Waals surface area contributed by atoms with Crippen molar-refractivity contribution in [2.75, 3.05) is 4.90 Å². The molecule has 0 bridgehead atoms. The standard InChI is InChI=1S/C21H15F2NO2/c1-12-17-11-14(22)7-8-15(17)16-4-2-3-5-19(16)24(12)21(26)13-6-9-18(23)20(25)10-13/h2-12,25H,1H3/t12-/m0/s1. The molecule has 0 saturated heterocycles. The molecule has 3 aromatic rings. The second-order valence-electron chi connectivity index (χ2n) is 6.27. The molecular formula is C21H15F2NO2. The minimum Gasteiger partial charge on any atom is -0.505 e. The van der Waals surface area contributed by atoms with Crippen molar-refractivity contribution >= 4 is 11.6 Å². The number of halogens is 2. The molecule has 3 nitrogen and oxygen atoms in total. The van der Waals surface area contributed by atoms with Crippen molar-refractivity contribution in [3.8, 4) is 16.9 Å². The van der Waals surface area contributed by atoms with Gasteiger partial charge in [0.15, 0.2) is 11.6 Å². The van der Waals surface area contributed by atoms with E-state index in [1.165, 1.54) is 18.2 Å². The number of benzene rings is 3. The molecule has 3 aromatic carbocycles. The largest absolute Gasteiger partial charge is 0.505 e. The molecule has 1 N–H and O–H groups in total. The van der Waals surface area contributed by atoms with Crippen LogP contribution in [0.1, 0.15) is 28.9 Å². The van der Waals surface area contributed by atoms with Gasteiger partial charge in [-0.1, -0.05) is 24.3 Å². The van der Waals surface area contributed by atoms with E-state index in [4.69, 9.17) is 0 Å². The first-order valence-corrected chi connectivity index (χ1v) is 8.18. The van der Waals surface area contributed by atoms with Gasteiger partial charge in [0.05, 0.1) is 11.7 Å². The van der Waals surface area contributed by atoms with E-state index >= 15 is 0 Å². The van der Waals surface area contributed by atoms with Crippen LogP contribution in [0, 0.1) is 11.6 Å². The highest BCUT2D eigenvalue weighted by Crippen LogP contribution is 2.45. The zero-order chi connectivity index (χ0) is 18.4. The number of anilines is 1. The molecule has 0 spiro atoms. The topological polar surface area (TPSA) is 40.5 Å². The van der Waals surface area contributed by atoms with Crippen LogP contribution in [-0.2, 0) is 0 Å². The number of carbonyl (C=O) groups is 1. The second kappa shape index (κ2) is 5.95. The number of amides is 1. The fraction of sp³-hybridized carbons (Fsp3) is 0.0952. The second-order valence-corrected chi connectivity index (χ2v) is 6.27. The Hall–Kier alpha value is -3.21. The van der Waals surface area contributed by atoms with Gasteiger partial charge in [-0.3, -0.25) is 4.79 Å². The van der Waals surface area contributed by atoms with E-state index in [-0.39, 0.29) is 11.4 Å². The molecule has 5 heteroatoms. The van der Waals surface area contributed by atoms with Gasteiger partial charge in [0, 0.05) is 11.1 Å². The number of hydrogen-bond donors (Lipinski definition) is 1. The Morgan fingerprint density at radius 3 is 2.54 bits per heavy atom. The lowest BCUT2D eigenvalue weighted by Gasteiger charge is -2.37. The molecule has 1 aliphatic heterocycles. The van der Waals surface area contributed by atoms with Crippen molar-refractivity contribution in [3.05, 3.63) is 83.4 Å². The van der Waals surface area contributed by atoms with Gasteiger partial charge in [-0.25, -0.2) is 8.78 Å². The number of phenolic OH excluding ortho intramolecular Hbond substituents is 1. The lowest BCUT2D eigenvalue weighted by atomic mass is 9.88. The molecule has 0 aromatic heterocycles. The third-order valence-corrected chi connectivity index (χ3v) is 4.72. The number of carbonyl (C=O) groups excluding carboxylic acids is 1. The van der Waals surface area contributed by atoms with Crippen LogP contribution in [0.15, 0.2) is 60.7 Å². The first-order chi connectivity index (χ1) is 12.5. The summed E-state index contributed by atoms with van der Waals surface area (Å²) in [4.78, 5) is 14.7. The normalized spacial score (nSPS) is 15.3. The highest BCUT2D eigenvalue weighted by molar-refractivity contribution is 6.10. The van der Waals surface area contributed by atoms with Crippen LogP contribution in [0.2, 0.25) is 0 Å². The monoisotopic (exact) mass is 351 g/mol. The molecule has 0 unspecified atom stereocenters. The molecule has 1 amide bonds. The third-order valence-electron chi connectivity index (χ3n) is 4.72. The van der Waals surface area contributed by atoms with E-state index in [0.29, 0.717) is 11.3 Å². The smallest absolute Gasteiger partial charge is 0.258 e. The Morgan fingerprint density at radius 1 is 1.00 bits per heavy atom. The summed E-state index contributed by atoms with van der Waals surface area (Å²) in [6, 6.07) is 15.0. The SMILES string of the molecule is C[C@H]1c2cc(F)ccc2-c2ccccc2N1C(=O)c1ccc(F)c(O)c1. The molecule has 1 atom stereocenters. The fourth-order valence-electron chi connectivity index (χ4n) is 3.45. The molecule has 0 saturated carbocycles. The lowest BCUT2D eigenvalue weighted by Crippen LogP contribution is -2.36. The van der Waals surface area contributed by atoms with Crippen LogP contribution < -0.4 is 4.90 Å². The Morgan fingerprint density at radius 2 is 1.77 bits per heavy atom. The van der Waals surface area contributed by atoms with E-state index in [0.717, 1.165) is 23.3 Å². The molecule has 26 heavy (non-hydrogen) atoms. The molecule has 130 valence electrons. The first kappa shape index (κ1) is 16.3. The van der Waals surface area contributed by atoms with Crippen LogP contribution in [0.5, 0.6) is 5.75 Å². The van der Waals surface area contributed by atoms with E-state index < -0.39 is 23.5 Å². The molecule has 0 radical (unpaired) electrons. The highest BCUT2D eigenvalue weighted by atomic mass is 19.1. The highest BCUT2D eigenvalue weighted by Gasteiger charge is 2.33. The van der Waals surface area contributed by atoms with Crippen LogP contribution in [-0.4, -0.2) is 11.0 Å². The fourth-order valence-corrected chi connectivity index (χ4v) is 3.45. The Kier molecular flexibility index (Phi) is 3.72. The number of aromatic hydroxyl groups is 1. The summed E-state index contributed by atoms with van der Waals surface area (Å²) in [5, 5.41) is 9.61. The Labute approximate surface area is 149 Å². The van der Waals surface area contributed by atoms with Crippen LogP contribution in [0.25, 0.3) is 11.1 Å². The number of nitrogens with zero attached hydrogens (tertiary/aromatic N) is 1. The summed E-state index contributed by atoms with van der Waals surface area (Å²) in [6.07, 6.45) is 0.